The highest BCUT2D eigenvalue weighted by atomic mass is 32.2. The maximum Gasteiger partial charge on any atom is 0.119 e. The van der Waals surface area contributed by atoms with Gasteiger partial charge < -0.3 is 15.2 Å². The van der Waals surface area contributed by atoms with E-state index in [4.69, 9.17) is 15.2 Å². The third kappa shape index (κ3) is 7.30. The highest BCUT2D eigenvalue weighted by Crippen LogP contribution is 2.12. The van der Waals surface area contributed by atoms with Crippen molar-refractivity contribution in [2.24, 2.45) is 5.73 Å². The van der Waals surface area contributed by atoms with Gasteiger partial charge in [0, 0.05) is 30.3 Å². The molecule has 5 heteroatoms. The van der Waals surface area contributed by atoms with E-state index in [0.717, 1.165) is 18.6 Å². The van der Waals surface area contributed by atoms with E-state index < -0.39 is 10.8 Å². The van der Waals surface area contributed by atoms with Crippen LogP contribution in [0, 0.1) is 0 Å². The van der Waals surface area contributed by atoms with E-state index >= 15 is 0 Å². The zero-order valence-electron chi connectivity index (χ0n) is 11.5. The van der Waals surface area contributed by atoms with Crippen molar-refractivity contribution >= 4 is 10.8 Å². The SMILES string of the molecule is COCCCS(=O)CCOc1ccc(CCN)cc1. The van der Waals surface area contributed by atoms with Crippen molar-refractivity contribution in [3.63, 3.8) is 0 Å². The monoisotopic (exact) mass is 285 g/mol. The van der Waals surface area contributed by atoms with Gasteiger partial charge in [0.15, 0.2) is 0 Å². The van der Waals surface area contributed by atoms with Crippen molar-refractivity contribution in [3.8, 4) is 5.75 Å². The van der Waals surface area contributed by atoms with Gasteiger partial charge in [0.1, 0.15) is 5.75 Å². The number of ether oxygens (including phenoxy) is 2. The van der Waals surface area contributed by atoms with Gasteiger partial charge in [0.25, 0.3) is 0 Å². The van der Waals surface area contributed by atoms with Crippen molar-refractivity contribution in [1.82, 2.24) is 0 Å². The first kappa shape index (κ1) is 16.1. The molecule has 0 aliphatic carbocycles. The maximum atomic E-state index is 11.6. The van der Waals surface area contributed by atoms with Crippen LogP contribution in [0.4, 0.5) is 0 Å². The van der Waals surface area contributed by atoms with E-state index in [-0.39, 0.29) is 0 Å². The Balaban J connectivity index is 2.19. The summed E-state index contributed by atoms with van der Waals surface area (Å²) in [4.78, 5) is 0. The average Bonchev–Trinajstić information content (AvgIpc) is 2.41. The van der Waals surface area contributed by atoms with Crippen LogP contribution in [0.1, 0.15) is 12.0 Å². The number of nitrogens with two attached hydrogens (primary N) is 1. The van der Waals surface area contributed by atoms with E-state index in [1.807, 2.05) is 24.3 Å². The summed E-state index contributed by atoms with van der Waals surface area (Å²) < 4.78 is 22.1. The molecule has 0 aliphatic heterocycles. The molecule has 0 saturated heterocycles. The normalized spacial score (nSPS) is 12.3. The lowest BCUT2D eigenvalue weighted by Crippen LogP contribution is -2.12. The van der Waals surface area contributed by atoms with Gasteiger partial charge in [0.2, 0.25) is 0 Å². The van der Waals surface area contributed by atoms with E-state index in [0.29, 0.717) is 31.3 Å². The maximum absolute atomic E-state index is 11.6. The van der Waals surface area contributed by atoms with Gasteiger partial charge in [-0.05, 0) is 37.1 Å². The van der Waals surface area contributed by atoms with Gasteiger partial charge >= 0.3 is 0 Å². The highest BCUT2D eigenvalue weighted by molar-refractivity contribution is 7.84. The van der Waals surface area contributed by atoms with Gasteiger partial charge in [-0.2, -0.15) is 0 Å². The number of hydrogen-bond donors (Lipinski definition) is 1. The molecule has 2 N–H and O–H groups in total. The average molecular weight is 285 g/mol. The molecule has 1 unspecified atom stereocenters. The van der Waals surface area contributed by atoms with Gasteiger partial charge in [-0.3, -0.25) is 4.21 Å². The predicted molar refractivity (Wildman–Crippen MR) is 79.1 cm³/mol. The zero-order chi connectivity index (χ0) is 13.9. The molecule has 0 spiro atoms. The fourth-order valence-corrected chi connectivity index (χ4v) is 2.55. The zero-order valence-corrected chi connectivity index (χ0v) is 12.3. The Bertz CT molecular complexity index is 367. The second kappa shape index (κ2) is 9.95. The first-order valence-electron chi connectivity index (χ1n) is 6.52. The lowest BCUT2D eigenvalue weighted by molar-refractivity contribution is 0.200. The van der Waals surface area contributed by atoms with Crippen LogP contribution in [-0.4, -0.2) is 42.6 Å². The first-order valence-corrected chi connectivity index (χ1v) is 8.00. The van der Waals surface area contributed by atoms with Gasteiger partial charge in [-0.1, -0.05) is 12.1 Å². The standard InChI is InChI=1S/C14H23NO3S/c1-17-9-2-11-19(16)12-10-18-14-5-3-13(4-6-14)7-8-15/h3-6H,2,7-12,15H2,1H3. The van der Waals surface area contributed by atoms with Crippen LogP contribution in [-0.2, 0) is 22.0 Å². The Kier molecular flexibility index (Phi) is 8.45. The Morgan fingerprint density at radius 2 is 1.89 bits per heavy atom. The topological polar surface area (TPSA) is 61.5 Å². The van der Waals surface area contributed by atoms with Crippen molar-refractivity contribution in [2.75, 3.05) is 38.4 Å². The molecule has 0 radical (unpaired) electrons. The molecular formula is C14H23NO3S. The molecule has 0 heterocycles. The summed E-state index contributed by atoms with van der Waals surface area (Å²) in [5, 5.41) is 0. The Hall–Kier alpha value is -0.910. The van der Waals surface area contributed by atoms with E-state index in [1.54, 1.807) is 7.11 Å². The predicted octanol–water partition coefficient (Wildman–Crippen LogP) is 1.35. The van der Waals surface area contributed by atoms with E-state index in [2.05, 4.69) is 0 Å². The Morgan fingerprint density at radius 3 is 2.53 bits per heavy atom. The van der Waals surface area contributed by atoms with Crippen LogP contribution in [0.3, 0.4) is 0 Å². The fraction of sp³-hybridized carbons (Fsp3) is 0.571. The summed E-state index contributed by atoms with van der Waals surface area (Å²) in [5.41, 5.74) is 6.69. The summed E-state index contributed by atoms with van der Waals surface area (Å²) in [6.45, 7) is 1.80. The number of rotatable bonds is 10. The molecule has 0 saturated carbocycles. The minimum atomic E-state index is -0.824. The smallest absolute Gasteiger partial charge is 0.119 e. The second-order valence-electron chi connectivity index (χ2n) is 4.23. The third-order valence-electron chi connectivity index (χ3n) is 2.66. The summed E-state index contributed by atoms with van der Waals surface area (Å²) in [6, 6.07) is 7.88. The van der Waals surface area contributed by atoms with E-state index in [1.165, 1.54) is 5.56 Å². The molecule has 19 heavy (non-hydrogen) atoms. The van der Waals surface area contributed by atoms with Crippen LogP contribution >= 0.6 is 0 Å². The summed E-state index contributed by atoms with van der Waals surface area (Å²) in [5.74, 6) is 2.05. The summed E-state index contributed by atoms with van der Waals surface area (Å²) in [6.07, 6.45) is 1.71. The van der Waals surface area contributed by atoms with Crippen molar-refractivity contribution in [1.29, 1.82) is 0 Å². The van der Waals surface area contributed by atoms with Crippen molar-refractivity contribution < 1.29 is 13.7 Å². The van der Waals surface area contributed by atoms with Gasteiger partial charge in [-0.25, -0.2) is 0 Å². The van der Waals surface area contributed by atoms with Crippen LogP contribution in [0.15, 0.2) is 24.3 Å². The molecule has 1 atom stereocenters. The molecule has 0 aliphatic rings. The van der Waals surface area contributed by atoms with Crippen molar-refractivity contribution in [2.45, 2.75) is 12.8 Å². The molecule has 0 bridgehead atoms. The summed E-state index contributed by atoms with van der Waals surface area (Å²) in [7, 11) is 0.829. The molecule has 0 aromatic heterocycles. The Morgan fingerprint density at radius 1 is 1.16 bits per heavy atom. The lowest BCUT2D eigenvalue weighted by Gasteiger charge is -2.07. The van der Waals surface area contributed by atoms with Crippen molar-refractivity contribution in [3.05, 3.63) is 29.8 Å². The third-order valence-corrected chi connectivity index (χ3v) is 4.02. The number of benzene rings is 1. The Labute approximate surface area is 117 Å². The second-order valence-corrected chi connectivity index (χ2v) is 5.92. The summed E-state index contributed by atoms with van der Waals surface area (Å²) >= 11 is 0. The van der Waals surface area contributed by atoms with Gasteiger partial charge in [-0.15, -0.1) is 0 Å². The molecule has 0 amide bonds. The molecule has 108 valence electrons. The van der Waals surface area contributed by atoms with Crippen LogP contribution in [0.2, 0.25) is 0 Å². The quantitative estimate of drug-likeness (QED) is 0.659. The van der Waals surface area contributed by atoms with Crippen LogP contribution < -0.4 is 10.5 Å². The fourth-order valence-electron chi connectivity index (χ4n) is 1.64. The minimum absolute atomic E-state index is 0.482. The number of hydrogen-bond acceptors (Lipinski definition) is 4. The highest BCUT2D eigenvalue weighted by Gasteiger charge is 2.01. The lowest BCUT2D eigenvalue weighted by atomic mass is 10.1. The minimum Gasteiger partial charge on any atom is -0.493 e. The van der Waals surface area contributed by atoms with Gasteiger partial charge in [0.05, 0.1) is 12.4 Å². The van der Waals surface area contributed by atoms with Crippen LogP contribution in [0.5, 0.6) is 5.75 Å². The molecular weight excluding hydrogens is 262 g/mol. The number of methoxy groups -OCH3 is 1. The first-order chi connectivity index (χ1) is 9.26. The molecule has 0 fully saturated rings. The van der Waals surface area contributed by atoms with Crippen LogP contribution in [0.25, 0.3) is 0 Å². The molecule has 1 aromatic rings. The molecule has 4 nitrogen and oxygen atoms in total. The largest absolute Gasteiger partial charge is 0.493 e. The molecule has 1 rings (SSSR count). The van der Waals surface area contributed by atoms with E-state index in [9.17, 15) is 4.21 Å². The molecule has 1 aromatic carbocycles.